The van der Waals surface area contributed by atoms with Crippen LogP contribution in [0, 0.1) is 0 Å². The number of rotatable bonds is 6. The normalized spacial score (nSPS) is 10.1. The van der Waals surface area contributed by atoms with Crippen LogP contribution in [0.2, 0.25) is 0 Å². The molecule has 4 heteroatoms. The molecule has 20 heavy (non-hydrogen) atoms. The molecule has 0 atom stereocenters. The number of carbonyl (C=O) groups excluding carboxylic acids is 1. The van der Waals surface area contributed by atoms with Crippen LogP contribution in [0.4, 0.5) is 5.69 Å². The van der Waals surface area contributed by atoms with Gasteiger partial charge in [-0.1, -0.05) is 30.3 Å². The van der Waals surface area contributed by atoms with Crippen molar-refractivity contribution in [3.05, 3.63) is 60.2 Å². The van der Waals surface area contributed by atoms with Gasteiger partial charge >= 0.3 is 0 Å². The molecule has 0 unspecified atom stereocenters. The first-order valence-electron chi connectivity index (χ1n) is 6.33. The molecule has 104 valence electrons. The Morgan fingerprint density at radius 1 is 1.05 bits per heavy atom. The van der Waals surface area contributed by atoms with Crippen LogP contribution in [0.3, 0.4) is 0 Å². The molecule has 0 saturated heterocycles. The van der Waals surface area contributed by atoms with Crippen molar-refractivity contribution in [2.75, 3.05) is 19.0 Å². The average molecular weight is 271 g/mol. The fourth-order valence-corrected chi connectivity index (χ4v) is 1.71. The molecule has 2 aromatic carbocycles. The third-order valence-electron chi connectivity index (χ3n) is 2.72. The van der Waals surface area contributed by atoms with E-state index in [-0.39, 0.29) is 12.5 Å². The van der Waals surface area contributed by atoms with Crippen LogP contribution >= 0.6 is 0 Å². The topological polar surface area (TPSA) is 47.6 Å². The average Bonchev–Trinajstić information content (AvgIpc) is 2.49. The molecule has 0 radical (unpaired) electrons. The van der Waals surface area contributed by atoms with Crippen molar-refractivity contribution in [3.63, 3.8) is 0 Å². The second-order valence-corrected chi connectivity index (χ2v) is 4.26. The van der Waals surface area contributed by atoms with Crippen molar-refractivity contribution < 1.29 is 14.3 Å². The molecule has 0 aliphatic carbocycles. The lowest BCUT2D eigenvalue weighted by atomic mass is 10.2. The Bertz CT molecular complexity index is 537. The van der Waals surface area contributed by atoms with Gasteiger partial charge < -0.3 is 14.8 Å². The zero-order chi connectivity index (χ0) is 14.2. The summed E-state index contributed by atoms with van der Waals surface area (Å²) in [4.78, 5) is 11.7. The van der Waals surface area contributed by atoms with Gasteiger partial charge in [0.25, 0.3) is 0 Å². The first-order valence-corrected chi connectivity index (χ1v) is 6.33. The highest BCUT2D eigenvalue weighted by atomic mass is 16.5. The number of anilines is 1. The van der Waals surface area contributed by atoms with Crippen LogP contribution in [0.1, 0.15) is 5.56 Å². The number of hydrogen-bond acceptors (Lipinski definition) is 3. The Labute approximate surface area is 118 Å². The van der Waals surface area contributed by atoms with E-state index in [1.165, 1.54) is 0 Å². The van der Waals surface area contributed by atoms with Crippen molar-refractivity contribution in [1.29, 1.82) is 0 Å². The summed E-state index contributed by atoms with van der Waals surface area (Å²) in [7, 11) is 1.60. The molecule has 0 bridgehead atoms. The van der Waals surface area contributed by atoms with Crippen molar-refractivity contribution in [3.8, 4) is 5.75 Å². The summed E-state index contributed by atoms with van der Waals surface area (Å²) in [6, 6.07) is 16.9. The lowest BCUT2D eigenvalue weighted by Gasteiger charge is -2.07. The number of nitrogens with one attached hydrogen (secondary N) is 1. The van der Waals surface area contributed by atoms with Crippen LogP contribution < -0.4 is 10.1 Å². The van der Waals surface area contributed by atoms with Crippen LogP contribution in [-0.2, 0) is 16.1 Å². The van der Waals surface area contributed by atoms with E-state index in [0.717, 1.165) is 17.0 Å². The van der Waals surface area contributed by atoms with Crippen molar-refractivity contribution in [2.24, 2.45) is 0 Å². The Morgan fingerprint density at radius 3 is 2.40 bits per heavy atom. The van der Waals surface area contributed by atoms with Crippen molar-refractivity contribution >= 4 is 11.6 Å². The molecule has 0 spiro atoms. The molecule has 0 aliphatic rings. The van der Waals surface area contributed by atoms with Gasteiger partial charge in [0.15, 0.2) is 0 Å². The number of methoxy groups -OCH3 is 1. The predicted molar refractivity (Wildman–Crippen MR) is 77.7 cm³/mol. The van der Waals surface area contributed by atoms with Gasteiger partial charge in [-0.2, -0.15) is 0 Å². The molecule has 0 aliphatic heterocycles. The van der Waals surface area contributed by atoms with Crippen molar-refractivity contribution in [2.45, 2.75) is 6.61 Å². The molecule has 0 saturated carbocycles. The highest BCUT2D eigenvalue weighted by Crippen LogP contribution is 2.14. The molecule has 0 fully saturated rings. The van der Waals surface area contributed by atoms with Crippen LogP contribution in [0.25, 0.3) is 0 Å². The second kappa shape index (κ2) is 7.31. The maximum absolute atomic E-state index is 11.7. The predicted octanol–water partition coefficient (Wildman–Crippen LogP) is 2.85. The minimum absolute atomic E-state index is 0.0287. The third kappa shape index (κ3) is 4.40. The van der Waals surface area contributed by atoms with Crippen LogP contribution in [-0.4, -0.2) is 19.6 Å². The Hall–Kier alpha value is -2.33. The van der Waals surface area contributed by atoms with E-state index in [1.807, 2.05) is 30.3 Å². The molecule has 2 rings (SSSR count). The molecule has 2 aromatic rings. The summed E-state index contributed by atoms with van der Waals surface area (Å²) in [5, 5.41) is 2.76. The smallest absolute Gasteiger partial charge is 0.250 e. The summed E-state index contributed by atoms with van der Waals surface area (Å²) >= 11 is 0. The van der Waals surface area contributed by atoms with Gasteiger partial charge in [0.1, 0.15) is 12.4 Å². The summed E-state index contributed by atoms with van der Waals surface area (Å²) in [5.74, 6) is 0.578. The number of carbonyl (C=O) groups is 1. The summed E-state index contributed by atoms with van der Waals surface area (Å²) in [6.45, 7) is 0.456. The molecular weight excluding hydrogens is 254 g/mol. The van der Waals surface area contributed by atoms with E-state index in [9.17, 15) is 4.79 Å². The summed E-state index contributed by atoms with van der Waals surface area (Å²) in [5.41, 5.74) is 1.77. The minimum Gasteiger partial charge on any atom is -0.497 e. The number of hydrogen-bond donors (Lipinski definition) is 1. The van der Waals surface area contributed by atoms with Gasteiger partial charge in [0.2, 0.25) is 5.91 Å². The highest BCUT2D eigenvalue weighted by molar-refractivity contribution is 5.91. The van der Waals surface area contributed by atoms with Crippen LogP contribution in [0.15, 0.2) is 54.6 Å². The monoisotopic (exact) mass is 271 g/mol. The summed E-state index contributed by atoms with van der Waals surface area (Å²) in [6.07, 6.45) is 0. The number of benzene rings is 2. The Morgan fingerprint density at radius 2 is 1.75 bits per heavy atom. The second-order valence-electron chi connectivity index (χ2n) is 4.26. The first-order chi connectivity index (χ1) is 9.78. The highest BCUT2D eigenvalue weighted by Gasteiger charge is 2.03. The zero-order valence-electron chi connectivity index (χ0n) is 11.3. The summed E-state index contributed by atoms with van der Waals surface area (Å²) < 4.78 is 10.4. The van der Waals surface area contributed by atoms with E-state index in [2.05, 4.69) is 5.32 Å². The maximum atomic E-state index is 11.7. The minimum atomic E-state index is -0.175. The first kappa shape index (κ1) is 14.1. The van der Waals surface area contributed by atoms with Gasteiger partial charge in [0.05, 0.1) is 13.7 Å². The largest absolute Gasteiger partial charge is 0.497 e. The maximum Gasteiger partial charge on any atom is 0.250 e. The van der Waals surface area contributed by atoms with E-state index in [1.54, 1.807) is 31.4 Å². The lowest BCUT2D eigenvalue weighted by molar-refractivity contribution is -0.121. The Balaban J connectivity index is 1.74. The number of ether oxygens (including phenoxy) is 2. The van der Waals surface area contributed by atoms with Crippen molar-refractivity contribution in [1.82, 2.24) is 0 Å². The zero-order valence-corrected chi connectivity index (χ0v) is 11.3. The molecule has 0 heterocycles. The lowest BCUT2D eigenvalue weighted by Crippen LogP contribution is -2.18. The van der Waals surface area contributed by atoms with Crippen LogP contribution in [0.5, 0.6) is 5.75 Å². The molecule has 0 aromatic heterocycles. The number of amides is 1. The molecule has 1 amide bonds. The molecular formula is C16H17NO3. The Kier molecular flexibility index (Phi) is 5.15. The van der Waals surface area contributed by atoms with Gasteiger partial charge in [-0.15, -0.1) is 0 Å². The van der Waals surface area contributed by atoms with E-state index in [0.29, 0.717) is 6.61 Å². The standard InChI is InChI=1S/C16H17NO3/c1-19-15-9-7-14(8-10-15)17-16(18)12-20-11-13-5-3-2-4-6-13/h2-10H,11-12H2,1H3,(H,17,18). The third-order valence-corrected chi connectivity index (χ3v) is 2.72. The SMILES string of the molecule is COc1ccc(NC(=O)COCc2ccccc2)cc1. The fourth-order valence-electron chi connectivity index (χ4n) is 1.71. The van der Waals surface area contributed by atoms with E-state index >= 15 is 0 Å². The fraction of sp³-hybridized carbons (Fsp3) is 0.188. The molecule has 1 N–H and O–H groups in total. The van der Waals surface area contributed by atoms with Gasteiger partial charge in [-0.25, -0.2) is 0 Å². The van der Waals surface area contributed by atoms with E-state index < -0.39 is 0 Å². The van der Waals surface area contributed by atoms with Gasteiger partial charge in [0, 0.05) is 5.69 Å². The van der Waals surface area contributed by atoms with E-state index in [4.69, 9.17) is 9.47 Å². The van der Waals surface area contributed by atoms with Gasteiger partial charge in [-0.3, -0.25) is 4.79 Å². The van der Waals surface area contributed by atoms with Gasteiger partial charge in [-0.05, 0) is 29.8 Å². The quantitative estimate of drug-likeness (QED) is 0.878. The molecule has 4 nitrogen and oxygen atoms in total.